The first kappa shape index (κ1) is 14.9. The highest BCUT2D eigenvalue weighted by molar-refractivity contribution is 5.48. The van der Waals surface area contributed by atoms with Crippen LogP contribution in [0, 0.1) is 0 Å². The summed E-state index contributed by atoms with van der Waals surface area (Å²) in [4.78, 5) is 2.45. The fourth-order valence-electron chi connectivity index (χ4n) is 4.01. The molecule has 116 valence electrons. The zero-order chi connectivity index (χ0) is 14.8. The maximum atomic E-state index is 5.61. The Balaban J connectivity index is 1.93. The van der Waals surface area contributed by atoms with Gasteiger partial charge in [0.1, 0.15) is 5.75 Å². The van der Waals surface area contributed by atoms with Crippen LogP contribution in [0.1, 0.15) is 41.9 Å². The van der Waals surface area contributed by atoms with E-state index in [2.05, 4.69) is 36.4 Å². The molecule has 1 aliphatic heterocycles. The Hall–Kier alpha value is -1.06. The van der Waals surface area contributed by atoms with Gasteiger partial charge in [-0.3, -0.25) is 0 Å². The van der Waals surface area contributed by atoms with Gasteiger partial charge in [-0.15, -0.1) is 0 Å². The first-order valence-electron chi connectivity index (χ1n) is 8.27. The average molecular weight is 288 g/mol. The Bertz CT molecular complexity index is 492. The van der Waals surface area contributed by atoms with Crippen LogP contribution in [-0.2, 0) is 12.8 Å². The molecule has 0 saturated carbocycles. The van der Waals surface area contributed by atoms with Gasteiger partial charge in [0.15, 0.2) is 0 Å². The van der Waals surface area contributed by atoms with E-state index in [-0.39, 0.29) is 0 Å². The van der Waals surface area contributed by atoms with Crippen LogP contribution in [0.5, 0.6) is 5.75 Å². The highest BCUT2D eigenvalue weighted by Crippen LogP contribution is 2.38. The van der Waals surface area contributed by atoms with E-state index in [4.69, 9.17) is 4.74 Å². The second-order valence-corrected chi connectivity index (χ2v) is 6.62. The highest BCUT2D eigenvalue weighted by atomic mass is 16.5. The molecule has 0 spiro atoms. The second-order valence-electron chi connectivity index (χ2n) is 6.62. The van der Waals surface area contributed by atoms with Crippen LogP contribution in [0.4, 0.5) is 0 Å². The molecule has 0 bridgehead atoms. The summed E-state index contributed by atoms with van der Waals surface area (Å²) in [6, 6.07) is 5.16. The molecule has 1 aliphatic carbocycles. The summed E-state index contributed by atoms with van der Waals surface area (Å²) in [6.45, 7) is 2.45. The normalized spacial score (nSPS) is 23.9. The molecule has 0 amide bonds. The molecule has 1 fully saturated rings. The zero-order valence-electron chi connectivity index (χ0n) is 13.6. The second kappa shape index (κ2) is 6.37. The number of nitrogens with one attached hydrogen (secondary N) is 1. The molecular formula is C18H28N2O. The van der Waals surface area contributed by atoms with E-state index in [1.54, 1.807) is 18.2 Å². The molecule has 1 aromatic carbocycles. The Labute approximate surface area is 128 Å². The lowest BCUT2D eigenvalue weighted by molar-refractivity contribution is 0.254. The van der Waals surface area contributed by atoms with Crippen LogP contribution in [0.3, 0.4) is 0 Å². The SMILES string of the molecule is CNC1CCc2c(OC)ccc(C3CCN(C)CC3)c2C1. The first-order valence-corrected chi connectivity index (χ1v) is 8.27. The van der Waals surface area contributed by atoms with Gasteiger partial charge in [-0.2, -0.15) is 0 Å². The topological polar surface area (TPSA) is 24.5 Å². The van der Waals surface area contributed by atoms with E-state index in [9.17, 15) is 0 Å². The Morgan fingerprint density at radius 1 is 1.14 bits per heavy atom. The molecule has 1 heterocycles. The summed E-state index contributed by atoms with van der Waals surface area (Å²) in [5.74, 6) is 1.83. The zero-order valence-corrected chi connectivity index (χ0v) is 13.6. The lowest BCUT2D eigenvalue weighted by atomic mass is 9.78. The molecule has 1 unspecified atom stereocenters. The van der Waals surface area contributed by atoms with Gasteiger partial charge in [0.2, 0.25) is 0 Å². The first-order chi connectivity index (χ1) is 10.2. The number of ether oxygens (including phenoxy) is 1. The largest absolute Gasteiger partial charge is 0.496 e. The van der Waals surface area contributed by atoms with Crippen molar-refractivity contribution in [2.24, 2.45) is 0 Å². The minimum Gasteiger partial charge on any atom is -0.496 e. The van der Waals surface area contributed by atoms with Crippen molar-refractivity contribution in [3.63, 3.8) is 0 Å². The Kier molecular flexibility index (Phi) is 4.51. The fourth-order valence-corrected chi connectivity index (χ4v) is 4.01. The summed E-state index contributed by atoms with van der Waals surface area (Å²) in [7, 11) is 6.12. The third-order valence-corrected chi connectivity index (χ3v) is 5.40. The van der Waals surface area contributed by atoms with Crippen LogP contribution in [-0.4, -0.2) is 45.2 Å². The summed E-state index contributed by atoms with van der Waals surface area (Å²) < 4.78 is 5.61. The molecule has 1 N–H and O–H groups in total. The summed E-state index contributed by atoms with van der Waals surface area (Å²) >= 11 is 0. The van der Waals surface area contributed by atoms with Crippen molar-refractivity contribution >= 4 is 0 Å². The van der Waals surface area contributed by atoms with Crippen LogP contribution in [0.15, 0.2) is 12.1 Å². The van der Waals surface area contributed by atoms with Crippen LogP contribution >= 0.6 is 0 Å². The summed E-state index contributed by atoms with van der Waals surface area (Å²) in [5, 5.41) is 3.47. The molecule has 3 rings (SSSR count). The minimum atomic E-state index is 0.620. The molecular weight excluding hydrogens is 260 g/mol. The summed E-state index contributed by atoms with van der Waals surface area (Å²) in [5.41, 5.74) is 4.65. The summed E-state index contributed by atoms with van der Waals surface area (Å²) in [6.07, 6.45) is 6.10. The number of rotatable bonds is 3. The van der Waals surface area contributed by atoms with Gasteiger partial charge in [0.05, 0.1) is 7.11 Å². The maximum absolute atomic E-state index is 5.61. The standard InChI is InChI=1S/C18H28N2O/c1-19-14-4-5-16-17(12-14)15(6-7-18(16)21-3)13-8-10-20(2)11-9-13/h6-7,13-14,19H,4-5,8-12H2,1-3H3. The maximum Gasteiger partial charge on any atom is 0.122 e. The fraction of sp³-hybridized carbons (Fsp3) is 0.667. The molecule has 1 atom stereocenters. The predicted molar refractivity (Wildman–Crippen MR) is 87.3 cm³/mol. The molecule has 0 aromatic heterocycles. The van der Waals surface area contributed by atoms with E-state index < -0.39 is 0 Å². The molecule has 1 saturated heterocycles. The van der Waals surface area contributed by atoms with Gasteiger partial charge in [0.25, 0.3) is 0 Å². The predicted octanol–water partition coefficient (Wildman–Crippen LogP) is 2.58. The Morgan fingerprint density at radius 2 is 1.90 bits per heavy atom. The number of likely N-dealkylation sites (tertiary alicyclic amines) is 1. The van der Waals surface area contributed by atoms with Crippen molar-refractivity contribution in [1.82, 2.24) is 10.2 Å². The van der Waals surface area contributed by atoms with E-state index >= 15 is 0 Å². The average Bonchev–Trinajstić information content (AvgIpc) is 2.54. The van der Waals surface area contributed by atoms with Crippen molar-refractivity contribution in [2.45, 2.75) is 44.1 Å². The van der Waals surface area contributed by atoms with Crippen molar-refractivity contribution in [2.75, 3.05) is 34.3 Å². The van der Waals surface area contributed by atoms with Gasteiger partial charge in [-0.05, 0) is 88.0 Å². The number of likely N-dealkylation sites (N-methyl/N-ethyl adjacent to an activating group) is 1. The van der Waals surface area contributed by atoms with E-state index in [1.165, 1.54) is 37.9 Å². The lowest BCUT2D eigenvalue weighted by Gasteiger charge is -2.34. The van der Waals surface area contributed by atoms with Crippen LogP contribution < -0.4 is 10.1 Å². The molecule has 3 nitrogen and oxygen atoms in total. The van der Waals surface area contributed by atoms with Crippen LogP contribution in [0.25, 0.3) is 0 Å². The molecule has 1 aromatic rings. The minimum absolute atomic E-state index is 0.620. The van der Waals surface area contributed by atoms with Crippen molar-refractivity contribution < 1.29 is 4.74 Å². The number of hydrogen-bond acceptors (Lipinski definition) is 3. The van der Waals surface area contributed by atoms with E-state index in [0.717, 1.165) is 24.5 Å². The third-order valence-electron chi connectivity index (χ3n) is 5.40. The quantitative estimate of drug-likeness (QED) is 0.925. The number of nitrogens with zero attached hydrogens (tertiary/aromatic N) is 1. The molecule has 3 heteroatoms. The van der Waals surface area contributed by atoms with Gasteiger partial charge < -0.3 is 15.0 Å². The van der Waals surface area contributed by atoms with Crippen molar-refractivity contribution in [3.8, 4) is 5.75 Å². The number of hydrogen-bond donors (Lipinski definition) is 1. The molecule has 21 heavy (non-hydrogen) atoms. The molecule has 2 aliphatic rings. The van der Waals surface area contributed by atoms with Crippen molar-refractivity contribution in [3.05, 3.63) is 28.8 Å². The van der Waals surface area contributed by atoms with Crippen LogP contribution in [0.2, 0.25) is 0 Å². The monoisotopic (exact) mass is 288 g/mol. The third kappa shape index (κ3) is 2.95. The van der Waals surface area contributed by atoms with Gasteiger partial charge in [-0.1, -0.05) is 6.07 Å². The molecule has 0 radical (unpaired) electrons. The lowest BCUT2D eigenvalue weighted by Crippen LogP contribution is -2.34. The van der Waals surface area contributed by atoms with E-state index in [0.29, 0.717) is 6.04 Å². The Morgan fingerprint density at radius 3 is 2.57 bits per heavy atom. The van der Waals surface area contributed by atoms with Gasteiger partial charge in [-0.25, -0.2) is 0 Å². The number of piperidine rings is 1. The number of benzene rings is 1. The number of methoxy groups -OCH3 is 1. The van der Waals surface area contributed by atoms with Crippen molar-refractivity contribution in [1.29, 1.82) is 0 Å². The van der Waals surface area contributed by atoms with E-state index in [1.807, 2.05) is 0 Å². The van der Waals surface area contributed by atoms with Gasteiger partial charge >= 0.3 is 0 Å². The smallest absolute Gasteiger partial charge is 0.122 e. The number of fused-ring (bicyclic) bond motifs is 1. The van der Waals surface area contributed by atoms with Gasteiger partial charge in [0, 0.05) is 6.04 Å². The highest BCUT2D eigenvalue weighted by Gasteiger charge is 2.27.